The van der Waals surface area contributed by atoms with Crippen LogP contribution in [0.25, 0.3) is 0 Å². The molecule has 2 aliphatic rings. The van der Waals surface area contributed by atoms with Gasteiger partial charge >= 0.3 is 23.9 Å². The second-order valence-corrected chi connectivity index (χ2v) is 14.9. The van der Waals surface area contributed by atoms with E-state index in [-0.39, 0.29) is 36.8 Å². The first-order valence-corrected chi connectivity index (χ1v) is 19.4. The van der Waals surface area contributed by atoms with Crippen molar-refractivity contribution in [3.05, 3.63) is 89.5 Å². The van der Waals surface area contributed by atoms with E-state index in [1.807, 2.05) is 72.8 Å². The number of carbonyl (C=O) groups excluding carboxylic acids is 4. The van der Waals surface area contributed by atoms with Gasteiger partial charge in [0, 0.05) is 68.1 Å². The van der Waals surface area contributed by atoms with Crippen LogP contribution in [-0.4, -0.2) is 83.0 Å². The second kappa shape index (κ2) is 20.0. The van der Waals surface area contributed by atoms with E-state index < -0.39 is 60.7 Å². The Morgan fingerprint density at radius 1 is 0.804 bits per heavy atom. The molecule has 0 amide bonds. The van der Waals surface area contributed by atoms with Gasteiger partial charge in [0.15, 0.2) is 24.6 Å². The number of benzene rings is 3. The lowest BCUT2D eigenvalue weighted by molar-refractivity contribution is -0.251. The predicted molar refractivity (Wildman–Crippen MR) is 209 cm³/mol. The van der Waals surface area contributed by atoms with Crippen LogP contribution in [0.1, 0.15) is 69.6 Å². The summed E-state index contributed by atoms with van der Waals surface area (Å²) in [6.45, 7) is 4.30. The molecule has 300 valence electrons. The van der Waals surface area contributed by atoms with Crippen LogP contribution >= 0.6 is 24.0 Å². The summed E-state index contributed by atoms with van der Waals surface area (Å²) in [5.74, 6) is -2.14. The second-order valence-electron chi connectivity index (χ2n) is 13.3. The first-order chi connectivity index (χ1) is 26.8. The quantitative estimate of drug-likeness (QED) is 0.0620. The van der Waals surface area contributed by atoms with Crippen molar-refractivity contribution in [2.75, 3.05) is 23.4 Å². The van der Waals surface area contributed by atoms with Crippen LogP contribution in [0.4, 0.5) is 11.4 Å². The number of thiocarbonyl (C=S) groups is 1. The van der Waals surface area contributed by atoms with Crippen molar-refractivity contribution in [1.29, 1.82) is 0 Å². The SMILES string of the molecule is CC(=O)OCC1OC(CC(=S)Nc2cccc(C3OC(CSc4ccccc4N)CC(c4ccc(CO)cc4)O3)c2)C(OC(C)=O)C(OC(C)=O)C1OC(C)=O. The summed E-state index contributed by atoms with van der Waals surface area (Å²) in [7, 11) is 0. The highest BCUT2D eigenvalue weighted by molar-refractivity contribution is 7.99. The van der Waals surface area contributed by atoms with Gasteiger partial charge in [-0.3, -0.25) is 19.2 Å². The number of nitrogens with two attached hydrogens (primary N) is 1. The average molecular weight is 811 g/mol. The maximum atomic E-state index is 12.3. The minimum absolute atomic E-state index is 0.0388. The minimum atomic E-state index is -1.30. The van der Waals surface area contributed by atoms with Crippen LogP contribution in [0.2, 0.25) is 0 Å². The van der Waals surface area contributed by atoms with Gasteiger partial charge in [-0.2, -0.15) is 0 Å². The lowest BCUT2D eigenvalue weighted by Crippen LogP contribution is -2.62. The summed E-state index contributed by atoms with van der Waals surface area (Å²) in [5.41, 5.74) is 9.97. The van der Waals surface area contributed by atoms with Crippen LogP contribution < -0.4 is 11.1 Å². The fourth-order valence-corrected chi connectivity index (χ4v) is 7.73. The number of ether oxygens (including phenoxy) is 7. The first-order valence-electron chi connectivity index (χ1n) is 18.0. The molecule has 2 saturated heterocycles. The molecule has 5 rings (SSSR count). The van der Waals surface area contributed by atoms with Gasteiger partial charge in [-0.05, 0) is 35.4 Å². The molecule has 0 bridgehead atoms. The number of aliphatic hydroxyl groups is 1. The Morgan fingerprint density at radius 2 is 1.46 bits per heavy atom. The van der Waals surface area contributed by atoms with Crippen molar-refractivity contribution in [2.24, 2.45) is 0 Å². The number of hydrogen-bond donors (Lipinski definition) is 3. The smallest absolute Gasteiger partial charge is 0.303 e. The number of aliphatic hydroxyl groups excluding tert-OH is 1. The van der Waals surface area contributed by atoms with E-state index in [1.54, 1.807) is 11.8 Å². The van der Waals surface area contributed by atoms with E-state index in [9.17, 15) is 24.3 Å². The monoisotopic (exact) mass is 810 g/mol. The van der Waals surface area contributed by atoms with E-state index in [1.165, 1.54) is 13.8 Å². The normalized spacial score (nSPS) is 24.7. The summed E-state index contributed by atoms with van der Waals surface area (Å²) in [5, 5.41) is 12.8. The van der Waals surface area contributed by atoms with E-state index >= 15 is 0 Å². The Hall–Kier alpha value is -4.58. The van der Waals surface area contributed by atoms with E-state index in [0.29, 0.717) is 23.5 Å². The maximum Gasteiger partial charge on any atom is 0.303 e. The number of thioether (sulfide) groups is 1. The molecular weight excluding hydrogens is 765 g/mol. The standard InChI is InChI=1S/C40H46N2O12S2/c1-22(44)48-20-34-38(50-24(3)46)39(51-25(4)47)37(49-23(2)45)33(53-34)18-36(55)42-29-9-7-8-28(16-29)40-52-30(21-56-35-11-6-5-10-31(35)41)17-32(54-40)27-14-12-26(19-43)13-15-27/h5-16,30,32-34,37-40,43H,17-21,41H2,1-4H3,(H,42,55). The van der Waals surface area contributed by atoms with Gasteiger partial charge in [0.2, 0.25) is 0 Å². The van der Waals surface area contributed by atoms with Crippen LogP contribution in [0.3, 0.4) is 0 Å². The lowest BCUT2D eigenvalue weighted by Gasteiger charge is -2.44. The Bertz CT molecular complexity index is 1860. The number of esters is 4. The van der Waals surface area contributed by atoms with Crippen molar-refractivity contribution in [1.82, 2.24) is 0 Å². The Labute approximate surface area is 334 Å². The van der Waals surface area contributed by atoms with Crippen LogP contribution in [0.15, 0.2) is 77.7 Å². The van der Waals surface area contributed by atoms with Gasteiger partial charge < -0.3 is 49.3 Å². The van der Waals surface area contributed by atoms with Gasteiger partial charge in [-0.25, -0.2) is 0 Å². The summed E-state index contributed by atoms with van der Waals surface area (Å²) in [6.07, 6.45) is -6.63. The van der Waals surface area contributed by atoms with Gasteiger partial charge in [0.05, 0.1) is 23.8 Å². The third kappa shape index (κ3) is 12.0. The van der Waals surface area contributed by atoms with E-state index in [2.05, 4.69) is 5.32 Å². The minimum Gasteiger partial charge on any atom is -0.463 e. The number of para-hydroxylation sites is 1. The van der Waals surface area contributed by atoms with Crippen molar-refractivity contribution < 1.29 is 57.4 Å². The van der Waals surface area contributed by atoms with Crippen molar-refractivity contribution in [2.45, 2.75) is 101 Å². The Morgan fingerprint density at radius 3 is 2.11 bits per heavy atom. The molecule has 0 aromatic heterocycles. The molecule has 0 spiro atoms. The fraction of sp³-hybridized carbons (Fsp3) is 0.425. The van der Waals surface area contributed by atoms with Crippen molar-refractivity contribution >= 4 is 64.2 Å². The third-order valence-electron chi connectivity index (χ3n) is 8.87. The molecule has 0 saturated carbocycles. The zero-order valence-electron chi connectivity index (χ0n) is 31.4. The molecule has 0 aliphatic carbocycles. The molecule has 4 N–H and O–H groups in total. The van der Waals surface area contributed by atoms with Crippen molar-refractivity contribution in [3.63, 3.8) is 0 Å². The van der Waals surface area contributed by atoms with Crippen LogP contribution in [-0.2, 0) is 58.9 Å². The molecule has 2 fully saturated rings. The average Bonchev–Trinajstić information content (AvgIpc) is 3.15. The molecule has 0 radical (unpaired) electrons. The van der Waals surface area contributed by atoms with E-state index in [0.717, 1.165) is 35.4 Å². The number of anilines is 2. The fourth-order valence-electron chi connectivity index (χ4n) is 6.46. The summed E-state index contributed by atoms with van der Waals surface area (Å²) in [6, 6.07) is 22.7. The Balaban J connectivity index is 1.35. The zero-order chi connectivity index (χ0) is 40.4. The number of carbonyl (C=O) groups is 4. The highest BCUT2D eigenvalue weighted by atomic mass is 32.2. The number of nitrogen functional groups attached to an aromatic ring is 1. The van der Waals surface area contributed by atoms with Gasteiger partial charge in [0.25, 0.3) is 0 Å². The molecule has 14 nitrogen and oxygen atoms in total. The zero-order valence-corrected chi connectivity index (χ0v) is 33.0. The molecule has 3 aromatic carbocycles. The highest BCUT2D eigenvalue weighted by Gasteiger charge is 2.52. The first kappa shape index (κ1) is 42.6. The molecule has 16 heteroatoms. The number of nitrogens with one attached hydrogen (secondary N) is 1. The number of hydrogen-bond acceptors (Lipinski definition) is 15. The van der Waals surface area contributed by atoms with E-state index in [4.69, 9.17) is 51.1 Å². The largest absolute Gasteiger partial charge is 0.463 e. The van der Waals surface area contributed by atoms with Crippen molar-refractivity contribution in [3.8, 4) is 0 Å². The van der Waals surface area contributed by atoms with Crippen LogP contribution in [0, 0.1) is 0 Å². The molecule has 2 aliphatic heterocycles. The summed E-state index contributed by atoms with van der Waals surface area (Å²) >= 11 is 7.37. The van der Waals surface area contributed by atoms with Gasteiger partial charge in [-0.1, -0.05) is 60.7 Å². The van der Waals surface area contributed by atoms with Crippen LogP contribution in [0.5, 0.6) is 0 Å². The molecule has 56 heavy (non-hydrogen) atoms. The molecule has 2 heterocycles. The molecule has 3 aromatic rings. The third-order valence-corrected chi connectivity index (χ3v) is 10.4. The highest BCUT2D eigenvalue weighted by Crippen LogP contribution is 2.40. The topological polar surface area (TPSA) is 191 Å². The summed E-state index contributed by atoms with van der Waals surface area (Å²) < 4.78 is 41.1. The molecule has 8 unspecified atom stereocenters. The van der Waals surface area contributed by atoms with Gasteiger partial charge in [0.1, 0.15) is 18.8 Å². The summed E-state index contributed by atoms with van der Waals surface area (Å²) in [4.78, 5) is 49.6. The molecule has 8 atom stereocenters. The predicted octanol–water partition coefficient (Wildman–Crippen LogP) is 5.35. The van der Waals surface area contributed by atoms with Gasteiger partial charge in [-0.15, -0.1) is 11.8 Å². The number of rotatable bonds is 14. The Kier molecular flexibility index (Phi) is 15.2. The lowest BCUT2D eigenvalue weighted by atomic mass is 9.92. The molecular formula is C40H46N2O12S2. The maximum absolute atomic E-state index is 12.3.